The van der Waals surface area contributed by atoms with Crippen molar-refractivity contribution < 1.29 is 0 Å². The molecule has 3 nitrogen and oxygen atoms in total. The maximum atomic E-state index is 5.67. The van der Waals surface area contributed by atoms with E-state index in [0.717, 1.165) is 17.3 Å². The molecule has 3 heteroatoms. The summed E-state index contributed by atoms with van der Waals surface area (Å²) >= 11 is 0. The van der Waals surface area contributed by atoms with Crippen molar-refractivity contribution in [3.63, 3.8) is 0 Å². The number of nitrogens with two attached hydrogens (primary N) is 1. The topological polar surface area (TPSA) is 51.8 Å². The lowest BCUT2D eigenvalue weighted by Gasteiger charge is -2.01. The smallest absolute Gasteiger partial charge is 0.149 e. The molecule has 0 fully saturated rings. The van der Waals surface area contributed by atoms with Gasteiger partial charge in [0, 0.05) is 17.8 Å². The molecule has 0 aromatic carbocycles. The molecule has 0 saturated heterocycles. The average Bonchev–Trinajstić information content (AvgIpc) is 2.18. The van der Waals surface area contributed by atoms with Crippen LogP contribution in [-0.2, 0) is 6.42 Å². The van der Waals surface area contributed by atoms with Crippen LogP contribution in [0.25, 0.3) is 10.9 Å². The molecule has 0 atom stereocenters. The molecule has 0 aliphatic carbocycles. The quantitative estimate of drug-likeness (QED) is 0.715. The normalized spacial score (nSPS) is 10.5. The molecule has 2 aromatic heterocycles. The van der Waals surface area contributed by atoms with Gasteiger partial charge in [-0.2, -0.15) is 0 Å². The first-order chi connectivity index (χ1) is 6.31. The fraction of sp³-hybridized carbons (Fsp3) is 0.200. The first kappa shape index (κ1) is 7.98. The van der Waals surface area contributed by atoms with Crippen LogP contribution in [0.4, 0.5) is 5.82 Å². The predicted octanol–water partition coefficient (Wildman–Crippen LogP) is 1.77. The second kappa shape index (κ2) is 3.01. The Labute approximate surface area is 76.6 Å². The van der Waals surface area contributed by atoms with Gasteiger partial charge in [-0.05, 0) is 24.1 Å². The minimum atomic E-state index is 0.500. The number of aryl methyl sites for hydroxylation is 1. The molecule has 2 rings (SSSR count). The number of anilines is 1. The van der Waals surface area contributed by atoms with E-state index >= 15 is 0 Å². The monoisotopic (exact) mass is 173 g/mol. The summed E-state index contributed by atoms with van der Waals surface area (Å²) in [6.07, 6.45) is 4.55. The molecule has 13 heavy (non-hydrogen) atoms. The summed E-state index contributed by atoms with van der Waals surface area (Å²) in [4.78, 5) is 8.24. The van der Waals surface area contributed by atoms with Crippen molar-refractivity contribution in [1.29, 1.82) is 0 Å². The zero-order chi connectivity index (χ0) is 9.26. The van der Waals surface area contributed by atoms with Crippen LogP contribution in [0.5, 0.6) is 0 Å². The van der Waals surface area contributed by atoms with E-state index in [4.69, 9.17) is 5.73 Å². The van der Waals surface area contributed by atoms with E-state index in [2.05, 4.69) is 23.0 Å². The first-order valence-corrected chi connectivity index (χ1v) is 4.30. The summed E-state index contributed by atoms with van der Waals surface area (Å²) in [6.45, 7) is 2.10. The zero-order valence-electron chi connectivity index (χ0n) is 7.49. The van der Waals surface area contributed by atoms with Crippen LogP contribution < -0.4 is 5.73 Å². The van der Waals surface area contributed by atoms with Crippen molar-refractivity contribution in [2.75, 3.05) is 5.73 Å². The highest BCUT2D eigenvalue weighted by atomic mass is 14.9. The maximum absolute atomic E-state index is 5.67. The highest BCUT2D eigenvalue weighted by Crippen LogP contribution is 2.16. The van der Waals surface area contributed by atoms with Crippen molar-refractivity contribution in [2.45, 2.75) is 13.3 Å². The average molecular weight is 173 g/mol. The minimum absolute atomic E-state index is 0.500. The molecule has 0 saturated carbocycles. The number of aromatic nitrogens is 2. The lowest BCUT2D eigenvalue weighted by atomic mass is 10.1. The van der Waals surface area contributed by atoms with Gasteiger partial charge in [0.15, 0.2) is 0 Å². The van der Waals surface area contributed by atoms with E-state index in [9.17, 15) is 0 Å². The van der Waals surface area contributed by atoms with E-state index in [1.807, 2.05) is 12.3 Å². The van der Waals surface area contributed by atoms with Crippen LogP contribution in [0.3, 0.4) is 0 Å². The molecular weight excluding hydrogens is 162 g/mol. The fourth-order valence-electron chi connectivity index (χ4n) is 1.32. The Bertz CT molecular complexity index is 437. The molecule has 66 valence electrons. The van der Waals surface area contributed by atoms with Crippen molar-refractivity contribution >= 4 is 16.7 Å². The van der Waals surface area contributed by atoms with E-state index in [0.29, 0.717) is 5.82 Å². The van der Waals surface area contributed by atoms with Gasteiger partial charge in [0.1, 0.15) is 11.3 Å². The third kappa shape index (κ3) is 1.33. The lowest BCUT2D eigenvalue weighted by molar-refractivity contribution is 1.12. The second-order valence-electron chi connectivity index (χ2n) is 2.97. The lowest BCUT2D eigenvalue weighted by Crippen LogP contribution is -1.93. The van der Waals surface area contributed by atoms with Crippen molar-refractivity contribution in [2.24, 2.45) is 0 Å². The van der Waals surface area contributed by atoms with Crippen molar-refractivity contribution in [1.82, 2.24) is 9.97 Å². The van der Waals surface area contributed by atoms with Crippen LogP contribution >= 0.6 is 0 Å². The zero-order valence-corrected chi connectivity index (χ0v) is 7.49. The SMILES string of the molecule is CCc1cnc2c(N)nccc2c1. The van der Waals surface area contributed by atoms with Gasteiger partial charge in [-0.25, -0.2) is 4.98 Å². The van der Waals surface area contributed by atoms with Gasteiger partial charge in [0.05, 0.1) is 0 Å². The standard InChI is InChI=1S/C10H11N3/c1-2-7-5-8-3-4-12-10(11)9(8)13-6-7/h3-6H,2H2,1H3,(H2,11,12). The molecule has 0 bridgehead atoms. The van der Waals surface area contributed by atoms with Gasteiger partial charge in [0.25, 0.3) is 0 Å². The third-order valence-electron chi connectivity index (χ3n) is 2.09. The second-order valence-corrected chi connectivity index (χ2v) is 2.97. The molecule has 2 heterocycles. The number of nitrogen functional groups attached to an aromatic ring is 1. The largest absolute Gasteiger partial charge is 0.382 e. The summed E-state index contributed by atoms with van der Waals surface area (Å²) in [5.74, 6) is 0.500. The van der Waals surface area contributed by atoms with E-state index in [1.54, 1.807) is 6.20 Å². The molecule has 0 spiro atoms. The number of pyridine rings is 2. The van der Waals surface area contributed by atoms with Crippen LogP contribution in [0, 0.1) is 0 Å². The van der Waals surface area contributed by atoms with Crippen molar-refractivity contribution in [3.05, 3.63) is 30.1 Å². The van der Waals surface area contributed by atoms with E-state index in [1.165, 1.54) is 5.56 Å². The Kier molecular flexibility index (Phi) is 1.85. The van der Waals surface area contributed by atoms with E-state index in [-0.39, 0.29) is 0 Å². The number of hydrogen-bond donors (Lipinski definition) is 1. The molecule has 0 aliphatic heterocycles. The summed E-state index contributed by atoms with van der Waals surface area (Å²) in [6, 6.07) is 4.03. The Morgan fingerprint density at radius 1 is 1.38 bits per heavy atom. The number of rotatable bonds is 1. The highest BCUT2D eigenvalue weighted by Gasteiger charge is 1.99. The van der Waals surface area contributed by atoms with Gasteiger partial charge in [-0.15, -0.1) is 0 Å². The summed E-state index contributed by atoms with van der Waals surface area (Å²) in [7, 11) is 0. The molecule has 0 unspecified atom stereocenters. The highest BCUT2D eigenvalue weighted by molar-refractivity contribution is 5.87. The summed E-state index contributed by atoms with van der Waals surface area (Å²) < 4.78 is 0. The van der Waals surface area contributed by atoms with Gasteiger partial charge in [0.2, 0.25) is 0 Å². The Morgan fingerprint density at radius 3 is 3.00 bits per heavy atom. The number of hydrogen-bond acceptors (Lipinski definition) is 3. The first-order valence-electron chi connectivity index (χ1n) is 4.30. The van der Waals surface area contributed by atoms with Crippen LogP contribution in [0.2, 0.25) is 0 Å². The molecule has 0 aliphatic rings. The van der Waals surface area contributed by atoms with Crippen molar-refractivity contribution in [3.8, 4) is 0 Å². The van der Waals surface area contributed by atoms with Gasteiger partial charge in [-0.3, -0.25) is 4.98 Å². The maximum Gasteiger partial charge on any atom is 0.149 e. The summed E-state index contributed by atoms with van der Waals surface area (Å²) in [5, 5.41) is 1.06. The molecule has 0 radical (unpaired) electrons. The number of nitrogens with zero attached hydrogens (tertiary/aromatic N) is 2. The Hall–Kier alpha value is -1.64. The Morgan fingerprint density at radius 2 is 2.23 bits per heavy atom. The van der Waals surface area contributed by atoms with Gasteiger partial charge < -0.3 is 5.73 Å². The number of fused-ring (bicyclic) bond motifs is 1. The minimum Gasteiger partial charge on any atom is -0.382 e. The van der Waals surface area contributed by atoms with Crippen LogP contribution in [0.15, 0.2) is 24.5 Å². The van der Waals surface area contributed by atoms with Crippen LogP contribution in [0.1, 0.15) is 12.5 Å². The summed E-state index contributed by atoms with van der Waals surface area (Å²) in [5.41, 5.74) is 7.69. The van der Waals surface area contributed by atoms with Crippen LogP contribution in [-0.4, -0.2) is 9.97 Å². The van der Waals surface area contributed by atoms with E-state index < -0.39 is 0 Å². The molecular formula is C10H11N3. The fourth-order valence-corrected chi connectivity index (χ4v) is 1.32. The molecule has 2 N–H and O–H groups in total. The molecule has 2 aromatic rings. The van der Waals surface area contributed by atoms with Gasteiger partial charge >= 0.3 is 0 Å². The Balaban J connectivity index is 2.72. The molecule has 0 amide bonds. The predicted molar refractivity (Wildman–Crippen MR) is 53.3 cm³/mol. The van der Waals surface area contributed by atoms with Gasteiger partial charge in [-0.1, -0.05) is 6.92 Å². The third-order valence-corrected chi connectivity index (χ3v) is 2.09.